The number of hydrogen-bond acceptors (Lipinski definition) is 3. The lowest BCUT2D eigenvalue weighted by molar-refractivity contribution is 0.472. The summed E-state index contributed by atoms with van der Waals surface area (Å²) in [4.78, 5) is 0. The van der Waals surface area contributed by atoms with Crippen LogP contribution in [0.4, 0.5) is 5.69 Å². The summed E-state index contributed by atoms with van der Waals surface area (Å²) in [7, 11) is 0. The van der Waals surface area contributed by atoms with Crippen LogP contribution in [-0.2, 0) is 5.88 Å². The molecule has 0 atom stereocenters. The molecule has 0 aromatic heterocycles. The number of nitrogens with two attached hydrogens (primary N) is 1. The highest BCUT2D eigenvalue weighted by molar-refractivity contribution is 6.17. The lowest BCUT2D eigenvalue weighted by Gasteiger charge is -2.05. The molecular weight excluding hydrogens is 164 g/mol. The highest BCUT2D eigenvalue weighted by atomic mass is 35.5. The molecule has 1 aromatic carbocycles. The number of alkyl halides is 1. The second kappa shape index (κ2) is 3.46. The molecule has 1 aromatic rings. The van der Waals surface area contributed by atoms with Crippen LogP contribution in [-0.4, -0.2) is 5.11 Å². The van der Waals surface area contributed by atoms with Gasteiger partial charge in [0.25, 0.3) is 0 Å². The number of rotatable bonds is 2. The smallest absolute Gasteiger partial charge is 0.144 e. The first kappa shape index (κ1) is 8.17. The molecule has 0 radical (unpaired) electrons. The van der Waals surface area contributed by atoms with Gasteiger partial charge in [-0.1, -0.05) is 12.1 Å². The molecule has 0 saturated heterocycles. The van der Waals surface area contributed by atoms with Gasteiger partial charge in [0.15, 0.2) is 0 Å². The number of nitrogens with one attached hydrogen (secondary N) is 1. The summed E-state index contributed by atoms with van der Waals surface area (Å²) in [5.41, 5.74) is 3.52. The van der Waals surface area contributed by atoms with E-state index < -0.39 is 0 Å². The number of para-hydroxylation sites is 1. The van der Waals surface area contributed by atoms with Gasteiger partial charge in [0.2, 0.25) is 0 Å². The molecule has 0 saturated carbocycles. The van der Waals surface area contributed by atoms with Gasteiger partial charge in [-0.05, 0) is 6.07 Å². The Bertz CT molecular complexity index is 230. The third-order valence-corrected chi connectivity index (χ3v) is 1.71. The van der Waals surface area contributed by atoms with E-state index in [2.05, 4.69) is 5.43 Å². The minimum absolute atomic E-state index is 0.116. The fourth-order valence-corrected chi connectivity index (χ4v) is 1.03. The predicted octanol–water partition coefficient (Wildman–Crippen LogP) is 1.42. The molecule has 0 unspecified atom stereocenters. The highest BCUT2D eigenvalue weighted by Gasteiger charge is 2.02. The van der Waals surface area contributed by atoms with Crippen LogP contribution in [0.25, 0.3) is 0 Å². The molecule has 3 nitrogen and oxygen atoms in total. The van der Waals surface area contributed by atoms with Crippen molar-refractivity contribution in [2.24, 2.45) is 5.84 Å². The number of hydrogen-bond donors (Lipinski definition) is 3. The Balaban J connectivity index is 3.10. The van der Waals surface area contributed by atoms with Gasteiger partial charge in [-0.25, -0.2) is 0 Å². The fourth-order valence-electron chi connectivity index (χ4n) is 0.816. The second-order valence-corrected chi connectivity index (χ2v) is 2.36. The van der Waals surface area contributed by atoms with Gasteiger partial charge >= 0.3 is 0 Å². The number of aromatic hydroxyl groups is 1. The molecule has 11 heavy (non-hydrogen) atoms. The summed E-state index contributed by atoms with van der Waals surface area (Å²) in [5.74, 6) is 5.52. The van der Waals surface area contributed by atoms with E-state index in [0.717, 1.165) is 0 Å². The maximum atomic E-state index is 9.36. The lowest BCUT2D eigenvalue weighted by atomic mass is 10.2. The number of halogens is 1. The molecule has 0 fully saturated rings. The minimum atomic E-state index is 0.116. The third kappa shape index (κ3) is 1.56. The maximum absolute atomic E-state index is 9.36. The summed E-state index contributed by atoms with van der Waals surface area (Å²) in [6.07, 6.45) is 0. The number of phenols is 1. The van der Waals surface area contributed by atoms with Crippen molar-refractivity contribution in [1.82, 2.24) is 0 Å². The van der Waals surface area contributed by atoms with Crippen molar-refractivity contribution in [3.63, 3.8) is 0 Å². The Hall–Kier alpha value is -0.930. The van der Waals surface area contributed by atoms with Gasteiger partial charge in [-0.3, -0.25) is 5.84 Å². The van der Waals surface area contributed by atoms with E-state index in [-0.39, 0.29) is 11.6 Å². The van der Waals surface area contributed by atoms with E-state index in [9.17, 15) is 5.11 Å². The quantitative estimate of drug-likeness (QED) is 0.274. The molecule has 0 heterocycles. The van der Waals surface area contributed by atoms with Crippen molar-refractivity contribution in [3.8, 4) is 5.75 Å². The minimum Gasteiger partial charge on any atom is -0.505 e. The first-order valence-corrected chi connectivity index (χ1v) is 3.66. The predicted molar refractivity (Wildman–Crippen MR) is 45.5 cm³/mol. The Morgan fingerprint density at radius 2 is 2.27 bits per heavy atom. The average molecular weight is 173 g/mol. The molecule has 1 rings (SSSR count). The zero-order chi connectivity index (χ0) is 8.27. The first-order chi connectivity index (χ1) is 5.29. The molecule has 0 aliphatic carbocycles. The number of anilines is 1. The van der Waals surface area contributed by atoms with Crippen LogP contribution >= 0.6 is 11.6 Å². The van der Waals surface area contributed by atoms with Crippen LogP contribution in [0.2, 0.25) is 0 Å². The maximum Gasteiger partial charge on any atom is 0.144 e. The molecule has 60 valence electrons. The van der Waals surface area contributed by atoms with E-state index in [1.165, 1.54) is 0 Å². The Kier molecular flexibility index (Phi) is 2.57. The summed E-state index contributed by atoms with van der Waals surface area (Å²) in [5, 5.41) is 9.36. The van der Waals surface area contributed by atoms with E-state index in [0.29, 0.717) is 11.3 Å². The second-order valence-electron chi connectivity index (χ2n) is 2.09. The summed E-state index contributed by atoms with van der Waals surface area (Å²) in [6, 6.07) is 5.18. The Morgan fingerprint density at radius 1 is 1.55 bits per heavy atom. The average Bonchev–Trinajstić information content (AvgIpc) is 2.05. The number of phenolic OH excluding ortho intramolecular Hbond substituents is 1. The summed E-state index contributed by atoms with van der Waals surface area (Å²) >= 11 is 5.53. The largest absolute Gasteiger partial charge is 0.505 e. The van der Waals surface area contributed by atoms with Crippen molar-refractivity contribution in [2.75, 3.05) is 5.43 Å². The highest BCUT2D eigenvalue weighted by Crippen LogP contribution is 2.27. The Morgan fingerprint density at radius 3 is 2.82 bits per heavy atom. The molecular formula is C7H9ClN2O. The van der Waals surface area contributed by atoms with E-state index in [1.54, 1.807) is 18.2 Å². The Labute approximate surface area is 69.8 Å². The first-order valence-electron chi connectivity index (χ1n) is 3.13. The zero-order valence-corrected chi connectivity index (χ0v) is 6.60. The normalized spacial score (nSPS) is 9.64. The van der Waals surface area contributed by atoms with Crippen LogP contribution in [0, 0.1) is 0 Å². The van der Waals surface area contributed by atoms with Crippen LogP contribution in [0.15, 0.2) is 18.2 Å². The summed E-state index contributed by atoms with van der Waals surface area (Å²) < 4.78 is 0. The van der Waals surface area contributed by atoms with Crippen LogP contribution in [0.1, 0.15) is 5.56 Å². The van der Waals surface area contributed by atoms with Gasteiger partial charge in [0.1, 0.15) is 5.75 Å². The fraction of sp³-hybridized carbons (Fsp3) is 0.143. The van der Waals surface area contributed by atoms with Gasteiger partial charge in [0.05, 0.1) is 11.6 Å². The third-order valence-electron chi connectivity index (χ3n) is 1.42. The molecule has 0 aliphatic rings. The molecule has 0 amide bonds. The molecule has 0 bridgehead atoms. The molecule has 4 heteroatoms. The van der Waals surface area contributed by atoms with Gasteiger partial charge < -0.3 is 10.5 Å². The lowest BCUT2D eigenvalue weighted by Crippen LogP contribution is -2.07. The number of nitrogen functional groups attached to an aromatic ring is 1. The van der Waals surface area contributed by atoms with Gasteiger partial charge in [-0.15, -0.1) is 11.6 Å². The van der Waals surface area contributed by atoms with Crippen molar-refractivity contribution in [3.05, 3.63) is 23.8 Å². The van der Waals surface area contributed by atoms with E-state index in [1.807, 2.05) is 0 Å². The topological polar surface area (TPSA) is 58.3 Å². The molecule has 4 N–H and O–H groups in total. The molecule has 0 aliphatic heterocycles. The van der Waals surface area contributed by atoms with E-state index in [4.69, 9.17) is 17.4 Å². The van der Waals surface area contributed by atoms with E-state index >= 15 is 0 Å². The number of benzene rings is 1. The van der Waals surface area contributed by atoms with Crippen LogP contribution in [0.3, 0.4) is 0 Å². The van der Waals surface area contributed by atoms with Crippen molar-refractivity contribution in [2.45, 2.75) is 5.88 Å². The van der Waals surface area contributed by atoms with Crippen LogP contribution < -0.4 is 11.3 Å². The van der Waals surface area contributed by atoms with Crippen molar-refractivity contribution < 1.29 is 5.11 Å². The standard InChI is InChI=1S/C7H9ClN2O/c8-4-5-2-1-3-6(10-9)7(5)11/h1-3,10-11H,4,9H2. The monoisotopic (exact) mass is 172 g/mol. The molecule has 0 spiro atoms. The van der Waals surface area contributed by atoms with Crippen molar-refractivity contribution >= 4 is 17.3 Å². The van der Waals surface area contributed by atoms with Crippen LogP contribution in [0.5, 0.6) is 5.75 Å². The SMILES string of the molecule is NNc1cccc(CCl)c1O. The summed E-state index contributed by atoms with van der Waals surface area (Å²) in [6.45, 7) is 0. The van der Waals surface area contributed by atoms with Gasteiger partial charge in [0, 0.05) is 5.56 Å². The van der Waals surface area contributed by atoms with Crippen molar-refractivity contribution in [1.29, 1.82) is 0 Å². The zero-order valence-electron chi connectivity index (χ0n) is 5.84. The number of hydrazine groups is 1. The van der Waals surface area contributed by atoms with Gasteiger partial charge in [-0.2, -0.15) is 0 Å².